The smallest absolute Gasteiger partial charge is 0.264 e. The number of nitrogens with one attached hydrogen (secondary N) is 1. The van der Waals surface area contributed by atoms with Gasteiger partial charge in [0, 0.05) is 7.05 Å². The monoisotopic (exact) mass is 430 g/mol. The second-order valence-electron chi connectivity index (χ2n) is 6.10. The van der Waals surface area contributed by atoms with Crippen molar-refractivity contribution in [3.8, 4) is 5.75 Å². The Morgan fingerprint density at radius 3 is 2.31 bits per heavy atom. The van der Waals surface area contributed by atoms with Gasteiger partial charge in [-0.25, -0.2) is 8.42 Å². The summed E-state index contributed by atoms with van der Waals surface area (Å²) >= 11 is 6.29. The van der Waals surface area contributed by atoms with Crippen LogP contribution in [0.5, 0.6) is 5.75 Å². The number of ether oxygens (including phenoxy) is 1. The fraction of sp³-hybridized carbons (Fsp3) is 0.0952. The first-order valence-corrected chi connectivity index (χ1v) is 10.4. The van der Waals surface area contributed by atoms with Crippen LogP contribution in [0.15, 0.2) is 77.7 Å². The van der Waals surface area contributed by atoms with E-state index in [1.807, 2.05) is 0 Å². The van der Waals surface area contributed by atoms with Crippen LogP contribution >= 0.6 is 11.6 Å². The predicted molar refractivity (Wildman–Crippen MR) is 114 cm³/mol. The van der Waals surface area contributed by atoms with Gasteiger partial charge < -0.3 is 10.1 Å². The maximum absolute atomic E-state index is 12.8. The lowest BCUT2D eigenvalue weighted by Crippen LogP contribution is -2.26. The van der Waals surface area contributed by atoms with Crippen LogP contribution in [-0.2, 0) is 10.0 Å². The lowest BCUT2D eigenvalue weighted by atomic mass is 10.2. The minimum atomic E-state index is -3.74. The minimum absolute atomic E-state index is 0.130. The number of nitrogens with zero attached hydrogens (tertiary/aromatic N) is 1. The number of anilines is 2. The van der Waals surface area contributed by atoms with E-state index in [0.29, 0.717) is 17.1 Å². The van der Waals surface area contributed by atoms with Gasteiger partial charge in [0.25, 0.3) is 15.9 Å². The first-order valence-electron chi connectivity index (χ1n) is 8.62. The van der Waals surface area contributed by atoms with Gasteiger partial charge in [-0.05, 0) is 42.5 Å². The first kappa shape index (κ1) is 20.7. The number of hydrogen-bond donors (Lipinski definition) is 1. The van der Waals surface area contributed by atoms with E-state index in [0.717, 1.165) is 4.31 Å². The molecule has 0 aliphatic rings. The van der Waals surface area contributed by atoms with Crippen LogP contribution in [0.3, 0.4) is 0 Å². The lowest BCUT2D eigenvalue weighted by Gasteiger charge is -2.20. The van der Waals surface area contributed by atoms with Gasteiger partial charge in [-0.3, -0.25) is 9.10 Å². The number of para-hydroxylation sites is 2. The van der Waals surface area contributed by atoms with Gasteiger partial charge in [0.15, 0.2) is 0 Å². The van der Waals surface area contributed by atoms with Gasteiger partial charge in [-0.15, -0.1) is 0 Å². The molecule has 0 saturated carbocycles. The van der Waals surface area contributed by atoms with Crippen LogP contribution in [0.1, 0.15) is 10.4 Å². The summed E-state index contributed by atoms with van der Waals surface area (Å²) in [5.41, 5.74) is 1.06. The minimum Gasteiger partial charge on any atom is -0.495 e. The molecule has 0 spiro atoms. The van der Waals surface area contributed by atoms with Crippen molar-refractivity contribution in [1.82, 2.24) is 0 Å². The Morgan fingerprint density at radius 2 is 1.66 bits per heavy atom. The molecule has 0 aliphatic heterocycles. The first-order chi connectivity index (χ1) is 13.8. The fourth-order valence-electron chi connectivity index (χ4n) is 2.71. The molecule has 0 heterocycles. The van der Waals surface area contributed by atoms with Crippen molar-refractivity contribution in [1.29, 1.82) is 0 Å². The molecule has 150 valence electrons. The van der Waals surface area contributed by atoms with E-state index >= 15 is 0 Å². The maximum Gasteiger partial charge on any atom is 0.264 e. The van der Waals surface area contributed by atoms with Crippen LogP contribution in [-0.4, -0.2) is 28.5 Å². The van der Waals surface area contributed by atoms with E-state index in [-0.39, 0.29) is 15.5 Å². The summed E-state index contributed by atoms with van der Waals surface area (Å²) in [5.74, 6) is 0.0851. The summed E-state index contributed by atoms with van der Waals surface area (Å²) in [7, 11) is -0.799. The van der Waals surface area contributed by atoms with Crippen LogP contribution in [0.2, 0.25) is 5.02 Å². The van der Waals surface area contributed by atoms with Gasteiger partial charge in [0.05, 0.1) is 34.0 Å². The fourth-order valence-corrected chi connectivity index (χ4v) is 4.18. The number of rotatable bonds is 6. The number of amides is 1. The Kier molecular flexibility index (Phi) is 6.10. The Labute approximate surface area is 174 Å². The van der Waals surface area contributed by atoms with Crippen LogP contribution in [0.25, 0.3) is 0 Å². The highest BCUT2D eigenvalue weighted by Gasteiger charge is 2.22. The van der Waals surface area contributed by atoms with Gasteiger partial charge in [0.2, 0.25) is 0 Å². The predicted octanol–water partition coefficient (Wildman–Crippen LogP) is 4.43. The van der Waals surface area contributed by atoms with Crippen molar-refractivity contribution < 1.29 is 17.9 Å². The number of methoxy groups -OCH3 is 1. The summed E-state index contributed by atoms with van der Waals surface area (Å²) in [5, 5.41) is 2.87. The molecule has 1 N–H and O–H groups in total. The molecule has 1 amide bonds. The normalized spacial score (nSPS) is 11.0. The zero-order valence-electron chi connectivity index (χ0n) is 15.8. The van der Waals surface area contributed by atoms with E-state index < -0.39 is 15.9 Å². The van der Waals surface area contributed by atoms with Crippen molar-refractivity contribution in [2.75, 3.05) is 23.8 Å². The standard InChI is InChI=1S/C21H19ClN2O4S/c1-24(29(26,27)16-8-4-3-5-9-16)15-12-13-17(18(22)14-15)21(25)23-19-10-6-7-11-20(19)28-2/h3-14H,1-2H3,(H,23,25). The van der Waals surface area contributed by atoms with E-state index in [1.54, 1.807) is 42.5 Å². The van der Waals surface area contributed by atoms with Gasteiger partial charge in [-0.2, -0.15) is 0 Å². The second-order valence-corrected chi connectivity index (χ2v) is 8.48. The van der Waals surface area contributed by atoms with Crippen molar-refractivity contribution >= 4 is 38.9 Å². The molecule has 0 saturated heterocycles. The van der Waals surface area contributed by atoms with Crippen LogP contribution in [0.4, 0.5) is 11.4 Å². The molecular weight excluding hydrogens is 412 g/mol. The molecule has 0 radical (unpaired) electrons. The van der Waals surface area contributed by atoms with Crippen molar-refractivity contribution in [2.45, 2.75) is 4.90 Å². The van der Waals surface area contributed by atoms with Gasteiger partial charge >= 0.3 is 0 Å². The number of hydrogen-bond acceptors (Lipinski definition) is 4. The molecule has 8 heteroatoms. The summed E-state index contributed by atoms with van der Waals surface area (Å²) in [6.45, 7) is 0. The van der Waals surface area contributed by atoms with E-state index in [9.17, 15) is 13.2 Å². The summed E-state index contributed by atoms with van der Waals surface area (Å²) < 4.78 is 31.9. The van der Waals surface area contributed by atoms with Gasteiger partial charge in [-0.1, -0.05) is 41.9 Å². The van der Waals surface area contributed by atoms with Crippen LogP contribution < -0.4 is 14.4 Å². The molecule has 3 aromatic rings. The third-order valence-electron chi connectivity index (χ3n) is 4.32. The maximum atomic E-state index is 12.8. The van der Waals surface area contributed by atoms with Gasteiger partial charge in [0.1, 0.15) is 5.75 Å². The highest BCUT2D eigenvalue weighted by molar-refractivity contribution is 7.92. The SMILES string of the molecule is COc1ccccc1NC(=O)c1ccc(N(C)S(=O)(=O)c2ccccc2)cc1Cl. The van der Waals surface area contributed by atoms with E-state index in [2.05, 4.69) is 5.32 Å². The number of carbonyl (C=O) groups is 1. The lowest BCUT2D eigenvalue weighted by molar-refractivity contribution is 0.102. The molecule has 0 aromatic heterocycles. The molecule has 0 bridgehead atoms. The Morgan fingerprint density at radius 1 is 1.00 bits per heavy atom. The second kappa shape index (κ2) is 8.55. The number of carbonyl (C=O) groups excluding carboxylic acids is 1. The average molecular weight is 431 g/mol. The molecule has 0 atom stereocenters. The largest absolute Gasteiger partial charge is 0.495 e. The highest BCUT2D eigenvalue weighted by Crippen LogP contribution is 2.29. The van der Waals surface area contributed by atoms with E-state index in [1.165, 1.54) is 44.5 Å². The highest BCUT2D eigenvalue weighted by atomic mass is 35.5. The molecule has 6 nitrogen and oxygen atoms in total. The Balaban J connectivity index is 1.86. The van der Waals surface area contributed by atoms with Crippen molar-refractivity contribution in [2.24, 2.45) is 0 Å². The molecule has 3 aromatic carbocycles. The van der Waals surface area contributed by atoms with Crippen LogP contribution in [0, 0.1) is 0 Å². The summed E-state index contributed by atoms with van der Waals surface area (Å²) in [6, 6.07) is 19.5. The molecule has 29 heavy (non-hydrogen) atoms. The molecule has 0 aliphatic carbocycles. The zero-order valence-corrected chi connectivity index (χ0v) is 17.4. The van der Waals surface area contributed by atoms with Crippen molar-refractivity contribution in [3.05, 3.63) is 83.4 Å². The zero-order chi connectivity index (χ0) is 21.0. The molecule has 0 fully saturated rings. The molecule has 3 rings (SSSR count). The third-order valence-corrected chi connectivity index (χ3v) is 6.43. The number of benzene rings is 3. The third kappa shape index (κ3) is 4.36. The number of sulfonamides is 1. The topological polar surface area (TPSA) is 75.7 Å². The Bertz CT molecular complexity index is 1130. The molecular formula is C21H19ClN2O4S. The van der Waals surface area contributed by atoms with Crippen molar-refractivity contribution in [3.63, 3.8) is 0 Å². The molecule has 0 unspecified atom stereocenters. The average Bonchev–Trinajstić information content (AvgIpc) is 2.74. The van der Waals surface area contributed by atoms with E-state index in [4.69, 9.17) is 16.3 Å². The summed E-state index contributed by atoms with van der Waals surface area (Å²) in [4.78, 5) is 12.8. The quantitative estimate of drug-likeness (QED) is 0.627. The number of halogens is 1. The Hall–Kier alpha value is -3.03. The summed E-state index contributed by atoms with van der Waals surface area (Å²) in [6.07, 6.45) is 0.